The molecule has 2 rings (SSSR count). The number of hydrogen-bond donors (Lipinski definition) is 2. The van der Waals surface area contributed by atoms with Crippen LogP contribution >= 0.6 is 35.6 Å². The molecule has 7 heteroatoms. The maximum Gasteiger partial charge on any atom is 0.224 e. The lowest BCUT2D eigenvalue weighted by Gasteiger charge is -2.08. The molecule has 0 unspecified atom stereocenters. The first-order valence-corrected chi connectivity index (χ1v) is 8.21. The molecular formula is C17H20Cl3N3O. The second-order valence-electron chi connectivity index (χ2n) is 5.15. The monoisotopic (exact) mass is 387 g/mol. The maximum absolute atomic E-state index is 11.9. The van der Waals surface area contributed by atoms with E-state index < -0.39 is 0 Å². The lowest BCUT2D eigenvalue weighted by molar-refractivity contribution is -0.120. The Bertz CT molecular complexity index is 638. The van der Waals surface area contributed by atoms with Crippen molar-refractivity contribution >= 4 is 41.5 Å². The lowest BCUT2D eigenvalue weighted by Crippen LogP contribution is -2.28. The van der Waals surface area contributed by atoms with Gasteiger partial charge < -0.3 is 10.6 Å². The van der Waals surface area contributed by atoms with Crippen LogP contribution in [-0.2, 0) is 17.8 Å². The van der Waals surface area contributed by atoms with Crippen molar-refractivity contribution in [2.24, 2.45) is 0 Å². The lowest BCUT2D eigenvalue weighted by atomic mass is 10.1. The van der Waals surface area contributed by atoms with Crippen LogP contribution in [0.5, 0.6) is 0 Å². The van der Waals surface area contributed by atoms with Gasteiger partial charge in [-0.15, -0.1) is 12.4 Å². The van der Waals surface area contributed by atoms with Crippen molar-refractivity contribution in [3.8, 4) is 0 Å². The van der Waals surface area contributed by atoms with Gasteiger partial charge >= 0.3 is 0 Å². The van der Waals surface area contributed by atoms with E-state index in [9.17, 15) is 4.79 Å². The standard InChI is InChI=1S/C17H19Cl2N3O.ClH/c18-15-5-4-14(16(19)10-15)9-17(23)22-8-2-7-21-12-13-3-1-6-20-11-13;/h1,3-6,10-11,21H,2,7-9,12H2,(H,22,23);1H. The molecule has 0 fully saturated rings. The zero-order valence-corrected chi connectivity index (χ0v) is 15.4. The first-order valence-electron chi connectivity index (χ1n) is 7.45. The van der Waals surface area contributed by atoms with E-state index in [-0.39, 0.29) is 24.7 Å². The van der Waals surface area contributed by atoms with Crippen LogP contribution in [0.2, 0.25) is 10.0 Å². The molecule has 0 aliphatic heterocycles. The van der Waals surface area contributed by atoms with Gasteiger partial charge in [-0.05, 0) is 42.3 Å². The van der Waals surface area contributed by atoms with Crippen LogP contribution in [0.25, 0.3) is 0 Å². The number of halogens is 3. The molecule has 4 nitrogen and oxygen atoms in total. The summed E-state index contributed by atoms with van der Waals surface area (Å²) in [4.78, 5) is 15.9. The van der Waals surface area contributed by atoms with Crippen LogP contribution in [0.3, 0.4) is 0 Å². The predicted octanol–water partition coefficient (Wildman–Crippen LogP) is 3.65. The minimum atomic E-state index is -0.0403. The summed E-state index contributed by atoms with van der Waals surface area (Å²) in [5.74, 6) is -0.0403. The minimum Gasteiger partial charge on any atom is -0.356 e. The number of carbonyl (C=O) groups is 1. The van der Waals surface area contributed by atoms with Gasteiger partial charge in [0, 0.05) is 35.5 Å². The summed E-state index contributed by atoms with van der Waals surface area (Å²) in [6.07, 6.45) is 4.72. The molecular weight excluding hydrogens is 369 g/mol. The first kappa shape index (κ1) is 20.7. The SMILES string of the molecule is Cl.O=C(Cc1ccc(Cl)cc1Cl)NCCCNCc1cccnc1. The van der Waals surface area contributed by atoms with Gasteiger partial charge in [0.15, 0.2) is 0 Å². The van der Waals surface area contributed by atoms with Crippen LogP contribution in [0.4, 0.5) is 0 Å². The van der Waals surface area contributed by atoms with E-state index in [4.69, 9.17) is 23.2 Å². The highest BCUT2D eigenvalue weighted by Gasteiger charge is 2.07. The van der Waals surface area contributed by atoms with Crippen molar-refractivity contribution < 1.29 is 4.79 Å². The average Bonchev–Trinajstić information content (AvgIpc) is 2.54. The van der Waals surface area contributed by atoms with Crippen LogP contribution in [0.1, 0.15) is 17.5 Å². The molecule has 0 atom stereocenters. The summed E-state index contributed by atoms with van der Waals surface area (Å²) < 4.78 is 0. The van der Waals surface area contributed by atoms with E-state index in [0.29, 0.717) is 16.6 Å². The Kier molecular flexibility index (Phi) is 9.72. The number of pyridine rings is 1. The molecule has 0 saturated carbocycles. The molecule has 1 aromatic heterocycles. The van der Waals surface area contributed by atoms with Crippen LogP contribution in [-0.4, -0.2) is 24.0 Å². The molecule has 1 heterocycles. The van der Waals surface area contributed by atoms with Crippen molar-refractivity contribution in [2.45, 2.75) is 19.4 Å². The van der Waals surface area contributed by atoms with Gasteiger partial charge in [-0.25, -0.2) is 0 Å². The van der Waals surface area contributed by atoms with E-state index >= 15 is 0 Å². The smallest absolute Gasteiger partial charge is 0.224 e. The molecule has 24 heavy (non-hydrogen) atoms. The highest BCUT2D eigenvalue weighted by Crippen LogP contribution is 2.21. The van der Waals surface area contributed by atoms with Gasteiger partial charge in [0.2, 0.25) is 5.91 Å². The number of nitrogens with one attached hydrogen (secondary N) is 2. The molecule has 0 aliphatic carbocycles. The van der Waals surface area contributed by atoms with Crippen molar-refractivity contribution in [3.05, 3.63) is 63.9 Å². The van der Waals surface area contributed by atoms with Crippen LogP contribution in [0.15, 0.2) is 42.7 Å². The van der Waals surface area contributed by atoms with Crippen molar-refractivity contribution in [2.75, 3.05) is 13.1 Å². The Morgan fingerprint density at radius 3 is 2.71 bits per heavy atom. The zero-order chi connectivity index (χ0) is 16.5. The third-order valence-corrected chi connectivity index (χ3v) is 3.86. The fourth-order valence-electron chi connectivity index (χ4n) is 2.08. The number of benzene rings is 1. The molecule has 1 aromatic carbocycles. The van der Waals surface area contributed by atoms with E-state index in [2.05, 4.69) is 15.6 Å². The summed E-state index contributed by atoms with van der Waals surface area (Å²) >= 11 is 11.9. The fourth-order valence-corrected chi connectivity index (χ4v) is 2.55. The van der Waals surface area contributed by atoms with Gasteiger partial charge in [-0.3, -0.25) is 9.78 Å². The fraction of sp³-hybridized carbons (Fsp3) is 0.294. The van der Waals surface area contributed by atoms with Crippen LogP contribution < -0.4 is 10.6 Å². The molecule has 2 aromatic rings. The largest absolute Gasteiger partial charge is 0.356 e. The van der Waals surface area contributed by atoms with Crippen molar-refractivity contribution in [1.29, 1.82) is 0 Å². The number of aromatic nitrogens is 1. The Morgan fingerprint density at radius 2 is 2.00 bits per heavy atom. The third-order valence-electron chi connectivity index (χ3n) is 3.27. The summed E-state index contributed by atoms with van der Waals surface area (Å²) in [6, 6.07) is 9.10. The Labute approximate surface area is 158 Å². The molecule has 0 spiro atoms. The summed E-state index contributed by atoms with van der Waals surface area (Å²) in [5, 5.41) is 7.29. The zero-order valence-electron chi connectivity index (χ0n) is 13.1. The number of amides is 1. The number of rotatable bonds is 8. The maximum atomic E-state index is 11.9. The summed E-state index contributed by atoms with van der Waals surface area (Å²) in [7, 11) is 0. The normalized spacial score (nSPS) is 10.1. The van der Waals surface area contributed by atoms with E-state index in [1.165, 1.54) is 0 Å². The van der Waals surface area contributed by atoms with Crippen LogP contribution in [0, 0.1) is 0 Å². The van der Waals surface area contributed by atoms with Gasteiger partial charge in [-0.2, -0.15) is 0 Å². The Balaban J connectivity index is 0.00000288. The van der Waals surface area contributed by atoms with Gasteiger partial charge in [0.1, 0.15) is 0 Å². The van der Waals surface area contributed by atoms with Gasteiger partial charge in [-0.1, -0.05) is 35.3 Å². The number of nitrogens with zero attached hydrogens (tertiary/aromatic N) is 1. The van der Waals surface area contributed by atoms with Gasteiger partial charge in [0.05, 0.1) is 6.42 Å². The third kappa shape index (κ3) is 7.49. The molecule has 0 bridgehead atoms. The second kappa shape index (κ2) is 11.3. The second-order valence-corrected chi connectivity index (χ2v) is 6.00. The summed E-state index contributed by atoms with van der Waals surface area (Å²) in [6.45, 7) is 2.24. The first-order chi connectivity index (χ1) is 11.1. The highest BCUT2D eigenvalue weighted by atomic mass is 35.5. The summed E-state index contributed by atoms with van der Waals surface area (Å²) in [5.41, 5.74) is 1.93. The number of hydrogen-bond acceptors (Lipinski definition) is 3. The Hall–Kier alpha value is -1.33. The highest BCUT2D eigenvalue weighted by molar-refractivity contribution is 6.35. The molecule has 1 amide bonds. The van der Waals surface area contributed by atoms with E-state index in [0.717, 1.165) is 30.6 Å². The topological polar surface area (TPSA) is 54.0 Å². The Morgan fingerprint density at radius 1 is 1.17 bits per heavy atom. The molecule has 0 saturated heterocycles. The number of carbonyl (C=O) groups excluding carboxylic acids is 1. The average molecular weight is 389 g/mol. The molecule has 0 aliphatic rings. The van der Waals surface area contributed by atoms with E-state index in [1.807, 2.05) is 18.3 Å². The molecule has 130 valence electrons. The quantitative estimate of drug-likeness (QED) is 0.679. The molecule has 0 radical (unpaired) electrons. The van der Waals surface area contributed by atoms with E-state index in [1.54, 1.807) is 24.4 Å². The van der Waals surface area contributed by atoms with Gasteiger partial charge in [0.25, 0.3) is 0 Å². The van der Waals surface area contributed by atoms with Crippen molar-refractivity contribution in [3.63, 3.8) is 0 Å². The molecule has 2 N–H and O–H groups in total. The predicted molar refractivity (Wildman–Crippen MR) is 101 cm³/mol. The van der Waals surface area contributed by atoms with Crippen molar-refractivity contribution in [1.82, 2.24) is 15.6 Å². The minimum absolute atomic E-state index is 0.